The molecule has 3 aliphatic rings. The molecule has 1 amide bonds. The van der Waals surface area contributed by atoms with Crippen LogP contribution in [0.5, 0.6) is 0 Å². The highest BCUT2D eigenvalue weighted by Crippen LogP contribution is 2.35. The van der Waals surface area contributed by atoms with Gasteiger partial charge in [-0.2, -0.15) is 0 Å². The number of aryl methyl sites for hydroxylation is 1. The number of carbonyl (C=O) groups is 1. The minimum atomic E-state index is -0.0810. The van der Waals surface area contributed by atoms with Gasteiger partial charge < -0.3 is 15.0 Å². The van der Waals surface area contributed by atoms with E-state index in [1.807, 2.05) is 0 Å². The predicted octanol–water partition coefficient (Wildman–Crippen LogP) is 3.88. The van der Waals surface area contributed by atoms with Gasteiger partial charge in [-0.3, -0.25) is 4.79 Å². The van der Waals surface area contributed by atoms with Gasteiger partial charge in [0.2, 0.25) is 5.91 Å². The molecule has 1 N–H and O–H groups in total. The van der Waals surface area contributed by atoms with Gasteiger partial charge in [-0.25, -0.2) is 0 Å². The van der Waals surface area contributed by atoms with Gasteiger partial charge in [0.1, 0.15) is 0 Å². The van der Waals surface area contributed by atoms with E-state index in [-0.39, 0.29) is 24.4 Å². The fourth-order valence-electron chi connectivity index (χ4n) is 4.31. The van der Waals surface area contributed by atoms with Gasteiger partial charge in [0.15, 0.2) is 0 Å². The maximum Gasteiger partial charge on any atom is 0.228 e. The Bertz CT molecular complexity index is 609. The van der Waals surface area contributed by atoms with Gasteiger partial charge >= 0.3 is 0 Å². The summed E-state index contributed by atoms with van der Waals surface area (Å²) in [6, 6.07) is 9.08. The lowest BCUT2D eigenvalue weighted by Gasteiger charge is -2.38. The van der Waals surface area contributed by atoms with E-state index >= 15 is 0 Å². The van der Waals surface area contributed by atoms with Crippen LogP contribution in [-0.2, 0) is 9.53 Å². The summed E-state index contributed by atoms with van der Waals surface area (Å²) in [5.41, 5.74) is 2.39. The lowest BCUT2D eigenvalue weighted by atomic mass is 9.87. The number of likely N-dealkylation sites (tertiary alicyclic amines) is 1. The molecule has 3 fully saturated rings. The van der Waals surface area contributed by atoms with E-state index in [2.05, 4.69) is 41.4 Å². The van der Waals surface area contributed by atoms with Crippen LogP contribution >= 0.6 is 12.4 Å². The van der Waals surface area contributed by atoms with Crippen molar-refractivity contribution in [2.24, 2.45) is 11.8 Å². The molecule has 1 saturated carbocycles. The van der Waals surface area contributed by atoms with Crippen molar-refractivity contribution >= 4 is 18.3 Å². The Morgan fingerprint density at radius 2 is 1.81 bits per heavy atom. The molecule has 4 nitrogen and oxygen atoms in total. The largest absolute Gasteiger partial charge is 0.373 e. The molecule has 4 rings (SSSR count). The minimum absolute atomic E-state index is 0. The number of carbonyl (C=O) groups excluding carboxylic acids is 1. The minimum Gasteiger partial charge on any atom is -0.373 e. The maximum atomic E-state index is 13.2. The van der Waals surface area contributed by atoms with Crippen LogP contribution in [0.15, 0.2) is 24.3 Å². The van der Waals surface area contributed by atoms with Gasteiger partial charge in [0.25, 0.3) is 0 Å². The zero-order valence-electron chi connectivity index (χ0n) is 16.4. The molecule has 0 spiro atoms. The summed E-state index contributed by atoms with van der Waals surface area (Å²) in [5.74, 6) is 1.20. The number of ether oxygens (including phenoxy) is 1. The molecule has 5 heteroatoms. The number of piperidine rings is 1. The Morgan fingerprint density at radius 1 is 1.11 bits per heavy atom. The molecule has 2 unspecified atom stereocenters. The molecule has 0 aromatic heterocycles. The Balaban J connectivity index is 0.00000210. The summed E-state index contributed by atoms with van der Waals surface area (Å²) in [6.45, 7) is 5.80. The van der Waals surface area contributed by atoms with Gasteiger partial charge in [-0.1, -0.05) is 29.8 Å². The fourth-order valence-corrected chi connectivity index (χ4v) is 4.31. The van der Waals surface area contributed by atoms with E-state index in [4.69, 9.17) is 4.74 Å². The van der Waals surface area contributed by atoms with Crippen molar-refractivity contribution in [3.8, 4) is 0 Å². The Morgan fingerprint density at radius 3 is 2.48 bits per heavy atom. The van der Waals surface area contributed by atoms with Crippen molar-refractivity contribution in [3.63, 3.8) is 0 Å². The molecular weight excluding hydrogens is 360 g/mol. The topological polar surface area (TPSA) is 41.6 Å². The van der Waals surface area contributed by atoms with E-state index in [1.165, 1.54) is 24.9 Å². The Kier molecular flexibility index (Phi) is 7.18. The highest BCUT2D eigenvalue weighted by Gasteiger charge is 2.36. The van der Waals surface area contributed by atoms with Crippen molar-refractivity contribution in [2.75, 3.05) is 26.2 Å². The third kappa shape index (κ3) is 5.24. The second kappa shape index (κ2) is 9.40. The second-order valence-electron chi connectivity index (χ2n) is 8.40. The number of nitrogens with one attached hydrogen (secondary N) is 1. The van der Waals surface area contributed by atoms with Crippen LogP contribution in [0, 0.1) is 18.8 Å². The molecule has 27 heavy (non-hydrogen) atoms. The van der Waals surface area contributed by atoms with Crippen LogP contribution in [0.4, 0.5) is 0 Å². The van der Waals surface area contributed by atoms with Gasteiger partial charge in [-0.15, -0.1) is 12.4 Å². The maximum absolute atomic E-state index is 13.2. The van der Waals surface area contributed by atoms with E-state index in [9.17, 15) is 4.79 Å². The van der Waals surface area contributed by atoms with E-state index < -0.39 is 0 Å². The molecule has 150 valence electrons. The molecule has 0 bridgehead atoms. The molecule has 2 atom stereocenters. The smallest absolute Gasteiger partial charge is 0.228 e. The molecule has 2 aliphatic heterocycles. The molecule has 2 saturated heterocycles. The summed E-state index contributed by atoms with van der Waals surface area (Å²) in [6.07, 6.45) is 6.80. The molecular formula is C22H33ClN2O2. The quantitative estimate of drug-likeness (QED) is 0.826. The van der Waals surface area contributed by atoms with Crippen molar-refractivity contribution in [1.29, 1.82) is 0 Å². The van der Waals surface area contributed by atoms with Crippen molar-refractivity contribution in [3.05, 3.63) is 35.4 Å². The normalized spacial score (nSPS) is 26.5. The van der Waals surface area contributed by atoms with Gasteiger partial charge in [-0.05, 0) is 63.5 Å². The molecule has 1 aromatic carbocycles. The van der Waals surface area contributed by atoms with Crippen LogP contribution in [0.1, 0.15) is 55.8 Å². The van der Waals surface area contributed by atoms with E-state index in [0.717, 1.165) is 56.9 Å². The van der Waals surface area contributed by atoms with Crippen LogP contribution < -0.4 is 5.32 Å². The highest BCUT2D eigenvalue weighted by molar-refractivity contribution is 5.85. The van der Waals surface area contributed by atoms with Crippen molar-refractivity contribution < 1.29 is 9.53 Å². The van der Waals surface area contributed by atoms with Crippen molar-refractivity contribution in [2.45, 2.75) is 57.6 Å². The highest BCUT2D eigenvalue weighted by atomic mass is 35.5. The van der Waals surface area contributed by atoms with Crippen LogP contribution in [0.2, 0.25) is 0 Å². The zero-order valence-corrected chi connectivity index (χ0v) is 17.2. The number of hydrogen-bond acceptors (Lipinski definition) is 3. The lowest BCUT2D eigenvalue weighted by molar-refractivity contribution is -0.146. The SMILES string of the molecule is Cc1ccc(C2OCCCC2C(=O)N2CCC(NCC3CC3)CC2)cc1.Cl. The average Bonchev–Trinajstić information content (AvgIpc) is 3.51. The number of nitrogens with zero attached hydrogens (tertiary/aromatic N) is 1. The van der Waals surface area contributed by atoms with E-state index in [0.29, 0.717) is 11.9 Å². The predicted molar refractivity (Wildman–Crippen MR) is 110 cm³/mol. The Labute approximate surface area is 169 Å². The number of halogens is 1. The van der Waals surface area contributed by atoms with Crippen LogP contribution in [-0.4, -0.2) is 43.1 Å². The third-order valence-electron chi connectivity index (χ3n) is 6.24. The average molecular weight is 393 g/mol. The van der Waals surface area contributed by atoms with Crippen LogP contribution in [0.25, 0.3) is 0 Å². The monoisotopic (exact) mass is 392 g/mol. The van der Waals surface area contributed by atoms with Gasteiger partial charge in [0, 0.05) is 25.7 Å². The zero-order chi connectivity index (χ0) is 17.9. The molecule has 1 aromatic rings. The second-order valence-corrected chi connectivity index (χ2v) is 8.40. The molecule has 2 heterocycles. The summed E-state index contributed by atoms with van der Waals surface area (Å²) in [4.78, 5) is 15.3. The summed E-state index contributed by atoms with van der Waals surface area (Å²) in [5, 5.41) is 3.70. The van der Waals surface area contributed by atoms with Crippen molar-refractivity contribution in [1.82, 2.24) is 10.2 Å². The first-order valence-corrected chi connectivity index (χ1v) is 10.4. The first kappa shape index (κ1) is 20.6. The summed E-state index contributed by atoms with van der Waals surface area (Å²) >= 11 is 0. The number of amides is 1. The number of rotatable bonds is 5. The molecule has 0 radical (unpaired) electrons. The first-order chi connectivity index (χ1) is 12.7. The number of hydrogen-bond donors (Lipinski definition) is 1. The third-order valence-corrected chi connectivity index (χ3v) is 6.24. The van der Waals surface area contributed by atoms with E-state index in [1.54, 1.807) is 0 Å². The van der Waals surface area contributed by atoms with Crippen LogP contribution in [0.3, 0.4) is 0 Å². The Hall–Kier alpha value is -1.10. The fraction of sp³-hybridized carbons (Fsp3) is 0.682. The standard InChI is InChI=1S/C22H32N2O2.ClH/c1-16-4-8-18(9-5-16)21-20(3-2-14-26-21)22(25)24-12-10-19(11-13-24)23-15-17-6-7-17;/h4-5,8-9,17,19-21,23H,2-3,6-7,10-15H2,1H3;1H. The summed E-state index contributed by atoms with van der Waals surface area (Å²) < 4.78 is 6.06. The number of benzene rings is 1. The van der Waals surface area contributed by atoms with Gasteiger partial charge in [0.05, 0.1) is 12.0 Å². The lowest BCUT2D eigenvalue weighted by Crippen LogP contribution is -2.48. The molecule has 1 aliphatic carbocycles. The summed E-state index contributed by atoms with van der Waals surface area (Å²) in [7, 11) is 0. The first-order valence-electron chi connectivity index (χ1n) is 10.4.